The van der Waals surface area contributed by atoms with Crippen LogP contribution in [0.1, 0.15) is 36.3 Å². The number of unbranched alkanes of at least 4 members (excludes halogenated alkanes) is 1. The van der Waals surface area contributed by atoms with Crippen molar-refractivity contribution in [2.75, 3.05) is 13.2 Å². The predicted octanol–water partition coefficient (Wildman–Crippen LogP) is 2.84. The number of nitrogens with one attached hydrogen (secondary N) is 1. The van der Waals surface area contributed by atoms with Crippen molar-refractivity contribution in [3.05, 3.63) is 59.7 Å². The second-order valence-corrected chi connectivity index (χ2v) is 7.16. The molecular weight excluding hydrogens is 420 g/mol. The Hall–Kier alpha value is -3.26. The number of fused-ring (bicyclic) bond motifs is 3. The first-order chi connectivity index (χ1) is 14.5. The van der Waals surface area contributed by atoms with E-state index in [2.05, 4.69) is 22.4 Å². The highest BCUT2D eigenvalue weighted by Gasteiger charge is 2.29. The average Bonchev–Trinajstić information content (AvgIpc) is 3.04. The molecule has 1 atom stereocenters. The maximum absolute atomic E-state index is 12.3. The summed E-state index contributed by atoms with van der Waals surface area (Å²) in [5.41, 5.74) is 15.0. The quantitative estimate of drug-likeness (QED) is 0.265. The van der Waals surface area contributed by atoms with Crippen molar-refractivity contribution < 1.29 is 19.4 Å². The third kappa shape index (κ3) is 6.11. The maximum atomic E-state index is 12.3. The van der Waals surface area contributed by atoms with Crippen molar-refractivity contribution >= 4 is 30.4 Å². The molecule has 0 fully saturated rings. The zero-order valence-corrected chi connectivity index (χ0v) is 17.8. The molecule has 9 heteroatoms. The lowest BCUT2D eigenvalue weighted by Crippen LogP contribution is -2.41. The SMILES string of the molecule is Cl.NC(N)=NCCCC[C@@H](NC(=O)OCC1c2ccccc2-c2ccccc21)C(=O)O. The van der Waals surface area contributed by atoms with Crippen LogP contribution in [0.25, 0.3) is 11.1 Å². The van der Waals surface area contributed by atoms with Gasteiger partial charge in [0.15, 0.2) is 5.96 Å². The van der Waals surface area contributed by atoms with Gasteiger partial charge in [-0.3, -0.25) is 4.99 Å². The van der Waals surface area contributed by atoms with E-state index in [1.54, 1.807) is 0 Å². The van der Waals surface area contributed by atoms with Gasteiger partial charge in [-0.05, 0) is 41.5 Å². The molecule has 2 aromatic rings. The molecular formula is C22H27ClN4O4. The Morgan fingerprint density at radius 1 is 1.03 bits per heavy atom. The normalized spacial score (nSPS) is 12.6. The number of hydrogen-bond acceptors (Lipinski definition) is 4. The molecule has 1 amide bonds. The molecule has 0 saturated heterocycles. The predicted molar refractivity (Wildman–Crippen MR) is 121 cm³/mol. The number of aliphatic carboxylic acids is 1. The van der Waals surface area contributed by atoms with E-state index in [0.717, 1.165) is 22.3 Å². The molecule has 166 valence electrons. The molecule has 0 heterocycles. The van der Waals surface area contributed by atoms with Crippen LogP contribution in [0.2, 0.25) is 0 Å². The summed E-state index contributed by atoms with van der Waals surface area (Å²) in [4.78, 5) is 27.6. The smallest absolute Gasteiger partial charge is 0.407 e. The van der Waals surface area contributed by atoms with Crippen LogP contribution in [0.15, 0.2) is 53.5 Å². The van der Waals surface area contributed by atoms with Crippen LogP contribution >= 0.6 is 12.4 Å². The maximum Gasteiger partial charge on any atom is 0.407 e. The van der Waals surface area contributed by atoms with Gasteiger partial charge >= 0.3 is 12.1 Å². The van der Waals surface area contributed by atoms with Crippen LogP contribution in [0.5, 0.6) is 0 Å². The van der Waals surface area contributed by atoms with E-state index < -0.39 is 18.1 Å². The van der Waals surface area contributed by atoms with Gasteiger partial charge in [-0.25, -0.2) is 9.59 Å². The number of nitrogens with two attached hydrogens (primary N) is 2. The summed E-state index contributed by atoms with van der Waals surface area (Å²) in [6.07, 6.45) is 0.693. The number of carbonyl (C=O) groups excluding carboxylic acids is 1. The summed E-state index contributed by atoms with van der Waals surface area (Å²) in [6.45, 7) is 0.552. The lowest BCUT2D eigenvalue weighted by Gasteiger charge is -2.17. The fraction of sp³-hybridized carbons (Fsp3) is 0.318. The van der Waals surface area contributed by atoms with Crippen molar-refractivity contribution in [3.8, 4) is 11.1 Å². The molecule has 0 saturated carbocycles. The first kappa shape index (κ1) is 24.0. The van der Waals surface area contributed by atoms with E-state index in [4.69, 9.17) is 16.2 Å². The zero-order valence-electron chi connectivity index (χ0n) is 17.0. The van der Waals surface area contributed by atoms with Gasteiger partial charge in [-0.15, -0.1) is 12.4 Å². The third-order valence-corrected chi connectivity index (χ3v) is 5.13. The Bertz CT molecular complexity index is 901. The van der Waals surface area contributed by atoms with Crippen LogP contribution in [0.3, 0.4) is 0 Å². The Morgan fingerprint density at radius 2 is 1.61 bits per heavy atom. The molecule has 1 aliphatic carbocycles. The molecule has 0 unspecified atom stereocenters. The molecule has 0 radical (unpaired) electrons. The van der Waals surface area contributed by atoms with Gasteiger partial charge in [0, 0.05) is 12.5 Å². The van der Waals surface area contributed by atoms with Gasteiger partial charge in [0.2, 0.25) is 0 Å². The highest BCUT2D eigenvalue weighted by molar-refractivity contribution is 5.85. The number of halogens is 1. The molecule has 0 spiro atoms. The van der Waals surface area contributed by atoms with Crippen LogP contribution in [-0.2, 0) is 9.53 Å². The molecule has 2 aromatic carbocycles. The van der Waals surface area contributed by atoms with Crippen LogP contribution in [0, 0.1) is 0 Å². The Morgan fingerprint density at radius 3 is 2.16 bits per heavy atom. The van der Waals surface area contributed by atoms with E-state index in [1.165, 1.54) is 0 Å². The van der Waals surface area contributed by atoms with Gasteiger partial charge in [-0.1, -0.05) is 48.5 Å². The van der Waals surface area contributed by atoms with Crippen molar-refractivity contribution in [2.45, 2.75) is 31.2 Å². The summed E-state index contributed by atoms with van der Waals surface area (Å²) in [6, 6.07) is 15.0. The van der Waals surface area contributed by atoms with Gasteiger partial charge < -0.3 is 26.6 Å². The number of carboxylic acids is 1. The molecule has 31 heavy (non-hydrogen) atoms. The Balaban J connectivity index is 0.00000341. The van der Waals surface area contributed by atoms with E-state index in [-0.39, 0.29) is 37.3 Å². The lowest BCUT2D eigenvalue weighted by atomic mass is 9.98. The fourth-order valence-electron chi connectivity index (χ4n) is 3.71. The number of nitrogens with zero attached hydrogens (tertiary/aromatic N) is 1. The standard InChI is InChI=1S/C22H26N4O4.ClH/c23-21(24)25-12-6-5-11-19(20(27)28)26-22(29)30-13-18-16-9-3-1-7-14(16)15-8-2-4-10-17(15)18;/h1-4,7-10,18-19H,5-6,11-13H2,(H,26,29)(H,27,28)(H4,23,24,25);1H/t19-;/m1./s1. The summed E-state index contributed by atoms with van der Waals surface area (Å²) in [5.74, 6) is -1.18. The summed E-state index contributed by atoms with van der Waals surface area (Å²) >= 11 is 0. The highest BCUT2D eigenvalue weighted by atomic mass is 35.5. The second kappa shape index (κ2) is 11.2. The number of benzene rings is 2. The minimum atomic E-state index is -1.11. The van der Waals surface area contributed by atoms with Gasteiger partial charge in [-0.2, -0.15) is 0 Å². The highest BCUT2D eigenvalue weighted by Crippen LogP contribution is 2.44. The van der Waals surface area contributed by atoms with E-state index in [1.807, 2.05) is 36.4 Å². The Kier molecular flexibility index (Phi) is 8.69. The summed E-state index contributed by atoms with van der Waals surface area (Å²) in [5, 5.41) is 11.8. The van der Waals surface area contributed by atoms with Crippen LogP contribution in [0.4, 0.5) is 4.79 Å². The number of ether oxygens (including phenoxy) is 1. The molecule has 0 bridgehead atoms. The van der Waals surface area contributed by atoms with E-state index in [9.17, 15) is 14.7 Å². The number of aliphatic imine (C=N–C) groups is 1. The average molecular weight is 447 g/mol. The van der Waals surface area contributed by atoms with Crippen LogP contribution < -0.4 is 16.8 Å². The second-order valence-electron chi connectivity index (χ2n) is 7.16. The van der Waals surface area contributed by atoms with Gasteiger partial charge in [0.05, 0.1) is 0 Å². The topological polar surface area (TPSA) is 140 Å². The zero-order chi connectivity index (χ0) is 21.5. The molecule has 0 aliphatic heterocycles. The molecule has 8 nitrogen and oxygen atoms in total. The third-order valence-electron chi connectivity index (χ3n) is 5.13. The summed E-state index contributed by atoms with van der Waals surface area (Å²) in [7, 11) is 0. The van der Waals surface area contributed by atoms with Crippen molar-refractivity contribution in [3.63, 3.8) is 0 Å². The van der Waals surface area contributed by atoms with Crippen molar-refractivity contribution in [1.29, 1.82) is 0 Å². The lowest BCUT2D eigenvalue weighted by molar-refractivity contribution is -0.139. The number of carboxylic acid groups (broad SMARTS) is 1. The Labute approximate surface area is 187 Å². The van der Waals surface area contributed by atoms with Crippen molar-refractivity contribution in [1.82, 2.24) is 5.32 Å². The minimum absolute atomic E-state index is 0. The first-order valence-electron chi connectivity index (χ1n) is 9.87. The number of amides is 1. The molecule has 1 aliphatic rings. The van der Waals surface area contributed by atoms with E-state index in [0.29, 0.717) is 19.4 Å². The van der Waals surface area contributed by atoms with E-state index >= 15 is 0 Å². The minimum Gasteiger partial charge on any atom is -0.480 e. The number of carbonyl (C=O) groups is 2. The molecule has 3 rings (SSSR count). The summed E-state index contributed by atoms with van der Waals surface area (Å²) < 4.78 is 5.41. The largest absolute Gasteiger partial charge is 0.480 e. The fourth-order valence-corrected chi connectivity index (χ4v) is 3.71. The van der Waals surface area contributed by atoms with Crippen molar-refractivity contribution in [2.24, 2.45) is 16.5 Å². The number of rotatable bonds is 9. The van der Waals surface area contributed by atoms with Gasteiger partial charge in [0.25, 0.3) is 0 Å². The molecule has 6 N–H and O–H groups in total. The number of guanidine groups is 1. The first-order valence-corrected chi connectivity index (χ1v) is 9.87. The molecule has 0 aromatic heterocycles. The monoisotopic (exact) mass is 446 g/mol. The number of alkyl carbamates (subject to hydrolysis) is 1. The number of hydrogen-bond donors (Lipinski definition) is 4. The van der Waals surface area contributed by atoms with Gasteiger partial charge in [0.1, 0.15) is 12.6 Å². The van der Waals surface area contributed by atoms with Crippen LogP contribution in [-0.4, -0.2) is 42.3 Å².